The van der Waals surface area contributed by atoms with Crippen molar-refractivity contribution in [2.45, 2.75) is 19.1 Å². The van der Waals surface area contributed by atoms with Crippen LogP contribution in [0.1, 0.15) is 22.8 Å². The highest BCUT2D eigenvalue weighted by Crippen LogP contribution is 2.21. The molecular formula is C11H12N2O4S. The number of carbonyl (C=O) groups is 1. The van der Waals surface area contributed by atoms with Crippen LogP contribution in [0.2, 0.25) is 0 Å². The predicted molar refractivity (Wildman–Crippen MR) is 65.8 cm³/mol. The van der Waals surface area contributed by atoms with Crippen molar-refractivity contribution < 1.29 is 18.3 Å². The van der Waals surface area contributed by atoms with Crippen LogP contribution < -0.4 is 4.72 Å². The molecule has 1 aromatic rings. The Hall–Kier alpha value is -2.07. The Morgan fingerprint density at radius 1 is 1.50 bits per heavy atom. The fourth-order valence-corrected chi connectivity index (χ4v) is 2.14. The van der Waals surface area contributed by atoms with Crippen LogP contribution in [0.3, 0.4) is 0 Å². The van der Waals surface area contributed by atoms with Crippen molar-refractivity contribution in [1.29, 1.82) is 5.26 Å². The quantitative estimate of drug-likeness (QED) is 0.857. The standard InChI is InChI=1S/C11H12N2O4S/c1-7-4-3-5-9(10(7)11(14)15)13-18(16,17)8(2)6-12/h3-5,8,13H,1-2H3,(H,14,15). The van der Waals surface area contributed by atoms with Crippen LogP contribution in [0.25, 0.3) is 0 Å². The molecule has 1 atom stereocenters. The predicted octanol–water partition coefficient (Wildman–Crippen LogP) is 1.35. The van der Waals surface area contributed by atoms with Crippen molar-refractivity contribution in [3.63, 3.8) is 0 Å². The van der Waals surface area contributed by atoms with Crippen LogP contribution in [-0.4, -0.2) is 24.7 Å². The fourth-order valence-electron chi connectivity index (χ4n) is 1.35. The summed E-state index contributed by atoms with van der Waals surface area (Å²) in [6, 6.07) is 6.04. The number of rotatable bonds is 4. The molecule has 0 saturated carbocycles. The molecule has 0 radical (unpaired) electrons. The number of anilines is 1. The lowest BCUT2D eigenvalue weighted by atomic mass is 10.1. The van der Waals surface area contributed by atoms with Gasteiger partial charge in [0.25, 0.3) is 0 Å². The second kappa shape index (κ2) is 5.06. The van der Waals surface area contributed by atoms with E-state index in [1.807, 2.05) is 0 Å². The highest BCUT2D eigenvalue weighted by Gasteiger charge is 2.23. The Morgan fingerprint density at radius 3 is 2.61 bits per heavy atom. The zero-order valence-corrected chi connectivity index (χ0v) is 10.7. The molecule has 1 rings (SSSR count). The summed E-state index contributed by atoms with van der Waals surface area (Å²) in [5.41, 5.74) is 0.281. The Morgan fingerprint density at radius 2 is 2.11 bits per heavy atom. The molecule has 0 saturated heterocycles. The van der Waals surface area contributed by atoms with Crippen LogP contribution in [0.15, 0.2) is 18.2 Å². The molecule has 6 nitrogen and oxygen atoms in total. The average molecular weight is 268 g/mol. The summed E-state index contributed by atoms with van der Waals surface area (Å²) in [5.74, 6) is -1.23. The van der Waals surface area contributed by atoms with E-state index < -0.39 is 21.2 Å². The molecule has 0 fully saturated rings. The summed E-state index contributed by atoms with van der Waals surface area (Å²) in [7, 11) is -3.91. The van der Waals surface area contributed by atoms with Gasteiger partial charge in [-0.25, -0.2) is 13.2 Å². The monoisotopic (exact) mass is 268 g/mol. The van der Waals surface area contributed by atoms with Gasteiger partial charge in [-0.2, -0.15) is 5.26 Å². The van der Waals surface area contributed by atoms with Crippen molar-refractivity contribution in [1.82, 2.24) is 0 Å². The third kappa shape index (κ3) is 2.78. The number of benzene rings is 1. The Bertz CT molecular complexity index is 616. The summed E-state index contributed by atoms with van der Waals surface area (Å²) in [5, 5.41) is 16.4. The third-order valence-corrected chi connectivity index (χ3v) is 3.93. The lowest BCUT2D eigenvalue weighted by Gasteiger charge is -2.12. The van der Waals surface area contributed by atoms with E-state index in [1.165, 1.54) is 19.1 Å². The Labute approximate surface area is 105 Å². The lowest BCUT2D eigenvalue weighted by molar-refractivity contribution is 0.0697. The van der Waals surface area contributed by atoms with Crippen LogP contribution in [0.5, 0.6) is 0 Å². The van der Waals surface area contributed by atoms with Gasteiger partial charge in [-0.1, -0.05) is 12.1 Å². The summed E-state index contributed by atoms with van der Waals surface area (Å²) in [6.07, 6.45) is 0. The van der Waals surface area contributed by atoms with Crippen molar-refractivity contribution in [3.05, 3.63) is 29.3 Å². The van der Waals surface area contributed by atoms with Crippen molar-refractivity contribution in [2.24, 2.45) is 0 Å². The lowest BCUT2D eigenvalue weighted by Crippen LogP contribution is -2.25. The number of carboxylic acids is 1. The second-order valence-electron chi connectivity index (χ2n) is 3.72. The minimum Gasteiger partial charge on any atom is -0.478 e. The molecule has 0 aliphatic carbocycles. The van der Waals surface area contributed by atoms with Gasteiger partial charge in [0, 0.05) is 0 Å². The van der Waals surface area contributed by atoms with Crippen LogP contribution >= 0.6 is 0 Å². The van der Waals surface area contributed by atoms with E-state index in [9.17, 15) is 13.2 Å². The number of nitriles is 1. The average Bonchev–Trinajstić information content (AvgIpc) is 2.26. The molecular weight excluding hydrogens is 256 g/mol. The van der Waals surface area contributed by atoms with Crippen molar-refractivity contribution in [2.75, 3.05) is 4.72 Å². The van der Waals surface area contributed by atoms with E-state index in [0.29, 0.717) is 5.56 Å². The molecule has 0 amide bonds. The van der Waals surface area contributed by atoms with Gasteiger partial charge < -0.3 is 5.11 Å². The molecule has 1 aromatic carbocycles. The smallest absolute Gasteiger partial charge is 0.338 e. The molecule has 7 heteroatoms. The molecule has 0 aromatic heterocycles. The number of carboxylic acid groups (broad SMARTS) is 1. The van der Waals surface area contributed by atoms with Gasteiger partial charge in [0.05, 0.1) is 17.3 Å². The largest absolute Gasteiger partial charge is 0.478 e. The van der Waals surface area contributed by atoms with Crippen LogP contribution in [0.4, 0.5) is 5.69 Å². The van der Waals surface area contributed by atoms with Gasteiger partial charge >= 0.3 is 5.97 Å². The van der Waals surface area contributed by atoms with Gasteiger partial charge in [-0.15, -0.1) is 0 Å². The summed E-state index contributed by atoms with van der Waals surface area (Å²) >= 11 is 0. The SMILES string of the molecule is Cc1cccc(NS(=O)(=O)C(C)C#N)c1C(=O)O. The maximum atomic E-state index is 11.7. The number of hydrogen-bond donors (Lipinski definition) is 2. The first-order valence-corrected chi connectivity index (χ1v) is 6.58. The molecule has 0 aliphatic rings. The summed E-state index contributed by atoms with van der Waals surface area (Å²) < 4.78 is 25.5. The highest BCUT2D eigenvalue weighted by atomic mass is 32.2. The van der Waals surface area contributed by atoms with E-state index in [0.717, 1.165) is 0 Å². The van der Waals surface area contributed by atoms with Gasteiger partial charge in [-0.3, -0.25) is 4.72 Å². The topological polar surface area (TPSA) is 107 Å². The Balaban J connectivity index is 3.26. The number of aryl methyl sites for hydroxylation is 1. The van der Waals surface area contributed by atoms with E-state index in [1.54, 1.807) is 19.1 Å². The molecule has 0 aliphatic heterocycles. The molecule has 0 heterocycles. The van der Waals surface area contributed by atoms with Gasteiger partial charge in [-0.05, 0) is 25.5 Å². The number of sulfonamides is 1. The van der Waals surface area contributed by atoms with E-state index in [-0.39, 0.29) is 11.3 Å². The fraction of sp³-hybridized carbons (Fsp3) is 0.273. The molecule has 18 heavy (non-hydrogen) atoms. The van der Waals surface area contributed by atoms with Gasteiger partial charge in [0.15, 0.2) is 5.25 Å². The number of nitrogens with zero attached hydrogens (tertiary/aromatic N) is 1. The highest BCUT2D eigenvalue weighted by molar-refractivity contribution is 7.93. The summed E-state index contributed by atoms with van der Waals surface area (Å²) in [4.78, 5) is 11.1. The molecule has 2 N–H and O–H groups in total. The minimum absolute atomic E-state index is 0.0374. The maximum absolute atomic E-state index is 11.7. The number of nitrogens with one attached hydrogen (secondary N) is 1. The Kier molecular flexibility index (Phi) is 3.93. The molecule has 96 valence electrons. The molecule has 0 spiro atoms. The van der Waals surface area contributed by atoms with Crippen LogP contribution in [-0.2, 0) is 10.0 Å². The zero-order chi connectivity index (χ0) is 13.9. The normalized spacial score (nSPS) is 12.5. The second-order valence-corrected chi connectivity index (χ2v) is 5.72. The van der Waals surface area contributed by atoms with Gasteiger partial charge in [0.2, 0.25) is 10.0 Å². The summed E-state index contributed by atoms with van der Waals surface area (Å²) in [6.45, 7) is 2.79. The van der Waals surface area contributed by atoms with Gasteiger partial charge in [0.1, 0.15) is 0 Å². The maximum Gasteiger partial charge on any atom is 0.338 e. The van der Waals surface area contributed by atoms with E-state index in [4.69, 9.17) is 10.4 Å². The first-order chi connectivity index (χ1) is 8.29. The number of aromatic carboxylic acids is 1. The first kappa shape index (κ1) is 14.0. The third-order valence-electron chi connectivity index (χ3n) is 2.39. The minimum atomic E-state index is -3.91. The van der Waals surface area contributed by atoms with Crippen molar-refractivity contribution >= 4 is 21.7 Å². The molecule has 1 unspecified atom stereocenters. The van der Waals surface area contributed by atoms with Crippen LogP contribution in [0, 0.1) is 18.3 Å². The first-order valence-electron chi connectivity index (χ1n) is 5.03. The van der Waals surface area contributed by atoms with E-state index >= 15 is 0 Å². The number of hydrogen-bond acceptors (Lipinski definition) is 4. The van der Waals surface area contributed by atoms with E-state index in [2.05, 4.69) is 4.72 Å². The zero-order valence-electron chi connectivity index (χ0n) is 9.84. The van der Waals surface area contributed by atoms with Crippen molar-refractivity contribution in [3.8, 4) is 6.07 Å². The molecule has 0 bridgehead atoms.